The minimum Gasteiger partial charge on any atom is -0.484 e. The van der Waals surface area contributed by atoms with Gasteiger partial charge in [-0.3, -0.25) is 4.79 Å². The standard InChI is InChI=1S/C15H20Cl2N2O2/c1-10(18)11-2-4-19(5-3-11)15(20)9-21-14-7-12(16)6-13(17)8-14/h6-8,10-11H,2-5,9,18H2,1H3. The van der Waals surface area contributed by atoms with E-state index in [9.17, 15) is 4.79 Å². The molecule has 1 fully saturated rings. The summed E-state index contributed by atoms with van der Waals surface area (Å²) < 4.78 is 5.47. The highest BCUT2D eigenvalue weighted by Crippen LogP contribution is 2.24. The van der Waals surface area contributed by atoms with E-state index in [1.165, 1.54) is 0 Å². The lowest BCUT2D eigenvalue weighted by Gasteiger charge is -2.33. The Morgan fingerprint density at radius 3 is 2.43 bits per heavy atom. The number of piperidine rings is 1. The van der Waals surface area contributed by atoms with Crippen LogP contribution in [-0.2, 0) is 4.79 Å². The Balaban J connectivity index is 1.82. The van der Waals surface area contributed by atoms with Crippen LogP contribution in [0.4, 0.5) is 0 Å². The predicted molar refractivity (Wildman–Crippen MR) is 84.9 cm³/mol. The summed E-state index contributed by atoms with van der Waals surface area (Å²) in [5.41, 5.74) is 5.90. The summed E-state index contributed by atoms with van der Waals surface area (Å²) >= 11 is 11.8. The summed E-state index contributed by atoms with van der Waals surface area (Å²) in [6.07, 6.45) is 1.90. The molecule has 0 radical (unpaired) electrons. The second-order valence-electron chi connectivity index (χ2n) is 5.47. The quantitative estimate of drug-likeness (QED) is 0.923. The normalized spacial score (nSPS) is 17.6. The predicted octanol–water partition coefficient (Wildman–Crippen LogP) is 2.96. The molecule has 6 heteroatoms. The van der Waals surface area contributed by atoms with E-state index in [0.29, 0.717) is 21.7 Å². The Labute approximate surface area is 135 Å². The number of rotatable bonds is 4. The van der Waals surface area contributed by atoms with Crippen molar-refractivity contribution < 1.29 is 9.53 Å². The van der Waals surface area contributed by atoms with Crippen LogP contribution in [0.5, 0.6) is 5.75 Å². The van der Waals surface area contributed by atoms with Crippen LogP contribution in [0.2, 0.25) is 10.0 Å². The van der Waals surface area contributed by atoms with Gasteiger partial charge >= 0.3 is 0 Å². The first kappa shape index (κ1) is 16.4. The number of carbonyl (C=O) groups is 1. The first-order valence-corrected chi connectivity index (χ1v) is 7.83. The molecule has 2 N–H and O–H groups in total. The topological polar surface area (TPSA) is 55.6 Å². The third-order valence-corrected chi connectivity index (χ3v) is 4.27. The Hall–Kier alpha value is -0.970. The average molecular weight is 331 g/mol. The zero-order chi connectivity index (χ0) is 15.4. The van der Waals surface area contributed by atoms with Crippen LogP contribution in [0.1, 0.15) is 19.8 Å². The molecule has 0 saturated carbocycles. The van der Waals surface area contributed by atoms with Gasteiger partial charge in [-0.2, -0.15) is 0 Å². The lowest BCUT2D eigenvalue weighted by molar-refractivity contribution is -0.134. The summed E-state index contributed by atoms with van der Waals surface area (Å²) in [5, 5.41) is 0.977. The number of nitrogens with two attached hydrogens (primary N) is 1. The van der Waals surface area contributed by atoms with Crippen LogP contribution in [0, 0.1) is 5.92 Å². The van der Waals surface area contributed by atoms with Crippen molar-refractivity contribution in [1.82, 2.24) is 4.90 Å². The van der Waals surface area contributed by atoms with Crippen molar-refractivity contribution >= 4 is 29.1 Å². The minimum absolute atomic E-state index is 0.000480. The maximum absolute atomic E-state index is 12.1. The first-order valence-electron chi connectivity index (χ1n) is 7.08. The Morgan fingerprint density at radius 1 is 1.33 bits per heavy atom. The fraction of sp³-hybridized carbons (Fsp3) is 0.533. The molecule has 0 aliphatic carbocycles. The zero-order valence-electron chi connectivity index (χ0n) is 12.0. The van der Waals surface area contributed by atoms with Gasteiger partial charge < -0.3 is 15.4 Å². The maximum Gasteiger partial charge on any atom is 0.260 e. The molecular weight excluding hydrogens is 311 g/mol. The van der Waals surface area contributed by atoms with Crippen LogP contribution in [0.3, 0.4) is 0 Å². The van der Waals surface area contributed by atoms with Crippen molar-refractivity contribution in [3.8, 4) is 5.75 Å². The smallest absolute Gasteiger partial charge is 0.260 e. The van der Waals surface area contributed by atoms with E-state index >= 15 is 0 Å². The minimum atomic E-state index is -0.0192. The van der Waals surface area contributed by atoms with Gasteiger partial charge in [0.1, 0.15) is 5.75 Å². The molecule has 2 rings (SSSR count). The van der Waals surface area contributed by atoms with E-state index in [1.807, 2.05) is 11.8 Å². The number of nitrogens with zero attached hydrogens (tertiary/aromatic N) is 1. The molecule has 1 amide bonds. The molecule has 1 aromatic rings. The maximum atomic E-state index is 12.1. The number of hydrogen-bond acceptors (Lipinski definition) is 3. The fourth-order valence-corrected chi connectivity index (χ4v) is 3.03. The van der Waals surface area contributed by atoms with Crippen molar-refractivity contribution in [3.63, 3.8) is 0 Å². The summed E-state index contributed by atoms with van der Waals surface area (Å²) in [7, 11) is 0. The van der Waals surface area contributed by atoms with E-state index in [-0.39, 0.29) is 18.6 Å². The Bertz CT molecular complexity index is 480. The molecule has 1 heterocycles. The number of ether oxygens (including phenoxy) is 1. The van der Waals surface area contributed by atoms with Crippen LogP contribution < -0.4 is 10.5 Å². The summed E-state index contributed by atoms with van der Waals surface area (Å²) in [4.78, 5) is 13.9. The van der Waals surface area contributed by atoms with Gasteiger partial charge in [-0.05, 0) is 43.9 Å². The third-order valence-electron chi connectivity index (χ3n) is 3.83. The molecule has 116 valence electrons. The third kappa shape index (κ3) is 4.77. The largest absolute Gasteiger partial charge is 0.484 e. The van der Waals surface area contributed by atoms with Crippen LogP contribution >= 0.6 is 23.2 Å². The van der Waals surface area contributed by atoms with Gasteiger partial charge in [0.2, 0.25) is 0 Å². The Kier molecular flexibility index (Phi) is 5.73. The highest BCUT2D eigenvalue weighted by Gasteiger charge is 2.24. The van der Waals surface area contributed by atoms with Gasteiger partial charge in [0, 0.05) is 29.2 Å². The summed E-state index contributed by atoms with van der Waals surface area (Å²) in [6, 6.07) is 5.09. The van der Waals surface area contributed by atoms with E-state index in [1.54, 1.807) is 18.2 Å². The second-order valence-corrected chi connectivity index (χ2v) is 6.34. The number of halogens is 2. The molecule has 4 nitrogen and oxygen atoms in total. The number of carbonyl (C=O) groups excluding carboxylic acids is 1. The van der Waals surface area contributed by atoms with Gasteiger partial charge in [-0.1, -0.05) is 23.2 Å². The molecule has 0 spiro atoms. The number of likely N-dealkylation sites (tertiary alicyclic amines) is 1. The monoisotopic (exact) mass is 330 g/mol. The summed E-state index contributed by atoms with van der Waals surface area (Å²) in [5.74, 6) is 0.988. The van der Waals surface area contributed by atoms with Crippen LogP contribution in [0.25, 0.3) is 0 Å². The average Bonchev–Trinajstić information content (AvgIpc) is 2.44. The molecule has 1 saturated heterocycles. The van der Waals surface area contributed by atoms with Crippen molar-refractivity contribution in [3.05, 3.63) is 28.2 Å². The van der Waals surface area contributed by atoms with Gasteiger partial charge in [-0.25, -0.2) is 0 Å². The molecule has 1 unspecified atom stereocenters. The molecule has 1 atom stereocenters. The SMILES string of the molecule is CC(N)C1CCN(C(=O)COc2cc(Cl)cc(Cl)c2)CC1. The fourth-order valence-electron chi connectivity index (χ4n) is 2.52. The molecule has 1 aromatic carbocycles. The highest BCUT2D eigenvalue weighted by molar-refractivity contribution is 6.34. The van der Waals surface area contributed by atoms with Gasteiger partial charge in [0.15, 0.2) is 6.61 Å². The van der Waals surface area contributed by atoms with Crippen molar-refractivity contribution in [2.75, 3.05) is 19.7 Å². The number of benzene rings is 1. The molecule has 1 aliphatic rings. The van der Waals surface area contributed by atoms with E-state index in [2.05, 4.69) is 0 Å². The van der Waals surface area contributed by atoms with Crippen LogP contribution in [-0.4, -0.2) is 36.5 Å². The van der Waals surface area contributed by atoms with Crippen molar-refractivity contribution in [2.45, 2.75) is 25.8 Å². The molecule has 0 bridgehead atoms. The summed E-state index contributed by atoms with van der Waals surface area (Å²) in [6.45, 7) is 3.50. The second kappa shape index (κ2) is 7.34. The zero-order valence-corrected chi connectivity index (χ0v) is 13.5. The molecule has 1 aliphatic heterocycles. The van der Waals surface area contributed by atoms with Crippen LogP contribution in [0.15, 0.2) is 18.2 Å². The first-order chi connectivity index (χ1) is 9.95. The lowest BCUT2D eigenvalue weighted by atomic mass is 9.91. The Morgan fingerprint density at radius 2 is 1.90 bits per heavy atom. The van der Waals surface area contributed by atoms with E-state index < -0.39 is 0 Å². The number of amides is 1. The van der Waals surface area contributed by atoms with E-state index in [4.69, 9.17) is 33.7 Å². The lowest BCUT2D eigenvalue weighted by Crippen LogP contribution is -2.44. The molecule has 0 aromatic heterocycles. The highest BCUT2D eigenvalue weighted by atomic mass is 35.5. The van der Waals surface area contributed by atoms with Gasteiger partial charge in [-0.15, -0.1) is 0 Å². The molecule has 21 heavy (non-hydrogen) atoms. The van der Waals surface area contributed by atoms with Gasteiger partial charge in [0.25, 0.3) is 5.91 Å². The molecular formula is C15H20Cl2N2O2. The van der Waals surface area contributed by atoms with Gasteiger partial charge in [0.05, 0.1) is 0 Å². The number of hydrogen-bond donors (Lipinski definition) is 1. The van der Waals surface area contributed by atoms with Crippen molar-refractivity contribution in [1.29, 1.82) is 0 Å². The van der Waals surface area contributed by atoms with Crippen molar-refractivity contribution in [2.24, 2.45) is 11.7 Å². The van der Waals surface area contributed by atoms with E-state index in [0.717, 1.165) is 25.9 Å².